The summed E-state index contributed by atoms with van der Waals surface area (Å²) in [5, 5.41) is 7.72. The predicted molar refractivity (Wildman–Crippen MR) is 111 cm³/mol. The average Bonchev–Trinajstić information content (AvgIpc) is 2.66. The van der Waals surface area contributed by atoms with Gasteiger partial charge in [0, 0.05) is 21.2 Å². The predicted octanol–water partition coefficient (Wildman–Crippen LogP) is 3.91. The molecule has 0 saturated heterocycles. The maximum absolute atomic E-state index is 12.5. The van der Waals surface area contributed by atoms with Gasteiger partial charge in [0.1, 0.15) is 11.8 Å². The van der Waals surface area contributed by atoms with E-state index in [9.17, 15) is 9.59 Å². The Morgan fingerprint density at radius 2 is 1.71 bits per heavy atom. The number of methoxy groups -OCH3 is 1. The number of rotatable bonds is 7. The molecule has 0 radical (unpaired) electrons. The lowest BCUT2D eigenvalue weighted by molar-refractivity contribution is -0.123. The summed E-state index contributed by atoms with van der Waals surface area (Å²) in [7, 11) is 1.53. The molecule has 0 aliphatic carbocycles. The summed E-state index contributed by atoms with van der Waals surface area (Å²) < 4.78 is 5.22. The zero-order chi connectivity index (χ0) is 20.7. The van der Waals surface area contributed by atoms with Crippen molar-refractivity contribution in [3.05, 3.63) is 63.6 Å². The lowest BCUT2D eigenvalue weighted by Gasteiger charge is -2.20. The Balaban J connectivity index is 2.06. The molecule has 0 aliphatic rings. The van der Waals surface area contributed by atoms with Crippen LogP contribution in [-0.4, -0.2) is 31.2 Å². The van der Waals surface area contributed by atoms with Gasteiger partial charge in [0.05, 0.1) is 13.3 Å². The molecule has 0 saturated carbocycles. The lowest BCUT2D eigenvalue weighted by atomic mass is 10.0. The standard InChI is InChI=1S/C20H21Cl2N3O3/c1-12(2)18(24-19(26)13-4-6-15(21)7-5-13)20(27)25-23-11-14-10-16(22)8-9-17(14)28-3/h4-12,18H,1-3H3,(H,24,26)(H,25,27)/b23-11-. The minimum absolute atomic E-state index is 0.146. The lowest BCUT2D eigenvalue weighted by Crippen LogP contribution is -2.48. The average molecular weight is 422 g/mol. The van der Waals surface area contributed by atoms with Crippen LogP contribution in [0.5, 0.6) is 5.75 Å². The molecule has 0 bridgehead atoms. The number of ether oxygens (including phenoxy) is 1. The summed E-state index contributed by atoms with van der Waals surface area (Å²) in [6.07, 6.45) is 1.43. The molecule has 6 nitrogen and oxygen atoms in total. The number of nitrogens with zero attached hydrogens (tertiary/aromatic N) is 1. The minimum Gasteiger partial charge on any atom is -0.496 e. The van der Waals surface area contributed by atoms with Crippen molar-refractivity contribution < 1.29 is 14.3 Å². The molecule has 2 N–H and O–H groups in total. The SMILES string of the molecule is COc1ccc(Cl)cc1/C=N\NC(=O)C(NC(=O)c1ccc(Cl)cc1)C(C)C. The third-order valence-electron chi connectivity index (χ3n) is 3.91. The van der Waals surface area contributed by atoms with E-state index in [1.807, 2.05) is 13.8 Å². The van der Waals surface area contributed by atoms with Gasteiger partial charge in [-0.3, -0.25) is 9.59 Å². The Morgan fingerprint density at radius 1 is 1.07 bits per heavy atom. The second kappa shape index (κ2) is 10.1. The smallest absolute Gasteiger partial charge is 0.262 e. The van der Waals surface area contributed by atoms with E-state index in [0.717, 1.165) is 0 Å². The van der Waals surface area contributed by atoms with Crippen LogP contribution in [0.4, 0.5) is 0 Å². The summed E-state index contributed by atoms with van der Waals surface area (Å²) in [6.45, 7) is 3.66. The first-order valence-electron chi connectivity index (χ1n) is 8.54. The van der Waals surface area contributed by atoms with Crippen LogP contribution in [0, 0.1) is 5.92 Å². The van der Waals surface area contributed by atoms with Crippen molar-refractivity contribution in [2.75, 3.05) is 7.11 Å². The van der Waals surface area contributed by atoms with Crippen molar-refractivity contribution in [2.24, 2.45) is 11.0 Å². The van der Waals surface area contributed by atoms with Crippen molar-refractivity contribution in [2.45, 2.75) is 19.9 Å². The fourth-order valence-corrected chi connectivity index (χ4v) is 2.71. The van der Waals surface area contributed by atoms with Crippen molar-refractivity contribution in [3.8, 4) is 5.75 Å². The molecule has 8 heteroatoms. The Labute approximate surface area is 173 Å². The van der Waals surface area contributed by atoms with Crippen molar-refractivity contribution in [1.29, 1.82) is 0 Å². The molecular weight excluding hydrogens is 401 g/mol. The maximum Gasteiger partial charge on any atom is 0.262 e. The second-order valence-corrected chi connectivity index (χ2v) is 7.20. The third-order valence-corrected chi connectivity index (χ3v) is 4.40. The van der Waals surface area contributed by atoms with Crippen LogP contribution in [0.25, 0.3) is 0 Å². The topological polar surface area (TPSA) is 79.8 Å². The van der Waals surface area contributed by atoms with Crippen LogP contribution in [0.1, 0.15) is 29.8 Å². The van der Waals surface area contributed by atoms with Crippen molar-refractivity contribution >= 4 is 41.2 Å². The highest BCUT2D eigenvalue weighted by molar-refractivity contribution is 6.31. The van der Waals surface area contributed by atoms with Gasteiger partial charge in [-0.25, -0.2) is 5.43 Å². The number of hydrazone groups is 1. The van der Waals surface area contributed by atoms with E-state index in [2.05, 4.69) is 15.8 Å². The molecule has 2 aromatic rings. The van der Waals surface area contributed by atoms with Gasteiger partial charge in [0.25, 0.3) is 11.8 Å². The Morgan fingerprint density at radius 3 is 2.32 bits per heavy atom. The summed E-state index contributed by atoms with van der Waals surface area (Å²) in [6, 6.07) is 10.7. The fraction of sp³-hybridized carbons (Fsp3) is 0.250. The van der Waals surface area contributed by atoms with E-state index in [1.165, 1.54) is 13.3 Å². The number of carbonyl (C=O) groups is 2. The van der Waals surface area contributed by atoms with Crippen LogP contribution in [-0.2, 0) is 4.79 Å². The number of hydrogen-bond donors (Lipinski definition) is 2. The van der Waals surface area contributed by atoms with Gasteiger partial charge in [-0.05, 0) is 48.4 Å². The molecule has 2 amide bonds. The molecule has 148 valence electrons. The molecule has 0 spiro atoms. The van der Waals surface area contributed by atoms with E-state index in [4.69, 9.17) is 27.9 Å². The van der Waals surface area contributed by atoms with Crippen LogP contribution < -0.4 is 15.5 Å². The maximum atomic E-state index is 12.5. The molecule has 0 aromatic heterocycles. The van der Waals surface area contributed by atoms with Crippen LogP contribution in [0.15, 0.2) is 47.6 Å². The molecule has 2 rings (SSSR count). The Kier molecular flexibility index (Phi) is 7.84. The Hall–Kier alpha value is -2.57. The van der Waals surface area contributed by atoms with E-state index in [0.29, 0.717) is 26.9 Å². The molecule has 0 fully saturated rings. The highest BCUT2D eigenvalue weighted by Gasteiger charge is 2.24. The molecule has 1 atom stereocenters. The molecule has 2 aromatic carbocycles. The van der Waals surface area contributed by atoms with Gasteiger partial charge in [-0.1, -0.05) is 37.0 Å². The van der Waals surface area contributed by atoms with E-state index < -0.39 is 11.9 Å². The number of halogens is 2. The monoisotopic (exact) mass is 421 g/mol. The summed E-state index contributed by atoms with van der Waals surface area (Å²) in [4.78, 5) is 24.9. The zero-order valence-corrected chi connectivity index (χ0v) is 17.2. The van der Waals surface area contributed by atoms with E-state index in [-0.39, 0.29) is 11.8 Å². The number of nitrogens with one attached hydrogen (secondary N) is 2. The second-order valence-electron chi connectivity index (χ2n) is 6.32. The molecule has 0 aliphatic heterocycles. The van der Waals surface area contributed by atoms with Crippen molar-refractivity contribution in [3.63, 3.8) is 0 Å². The number of amides is 2. The summed E-state index contributed by atoms with van der Waals surface area (Å²) in [5.41, 5.74) is 3.47. The normalized spacial score (nSPS) is 12.1. The highest BCUT2D eigenvalue weighted by Crippen LogP contribution is 2.20. The van der Waals surface area contributed by atoms with Gasteiger partial charge in [-0.2, -0.15) is 5.10 Å². The largest absolute Gasteiger partial charge is 0.496 e. The van der Waals surface area contributed by atoms with Gasteiger partial charge in [0.15, 0.2) is 0 Å². The fourth-order valence-electron chi connectivity index (χ4n) is 2.40. The summed E-state index contributed by atoms with van der Waals surface area (Å²) in [5.74, 6) is -0.383. The Bertz CT molecular complexity index is 867. The molecule has 1 unspecified atom stereocenters. The van der Waals surface area contributed by atoms with Gasteiger partial charge >= 0.3 is 0 Å². The number of carbonyl (C=O) groups excluding carboxylic acids is 2. The first-order valence-corrected chi connectivity index (χ1v) is 9.30. The first kappa shape index (κ1) is 21.7. The van der Waals surface area contributed by atoms with Gasteiger partial charge < -0.3 is 10.1 Å². The minimum atomic E-state index is -0.762. The zero-order valence-electron chi connectivity index (χ0n) is 15.7. The first-order chi connectivity index (χ1) is 13.3. The number of hydrogen-bond acceptors (Lipinski definition) is 4. The van der Waals surface area contributed by atoms with E-state index >= 15 is 0 Å². The highest BCUT2D eigenvalue weighted by atomic mass is 35.5. The molecule has 28 heavy (non-hydrogen) atoms. The van der Waals surface area contributed by atoms with Gasteiger partial charge in [-0.15, -0.1) is 0 Å². The number of benzene rings is 2. The van der Waals surface area contributed by atoms with E-state index in [1.54, 1.807) is 42.5 Å². The molecular formula is C20H21Cl2N3O3. The van der Waals surface area contributed by atoms with Crippen LogP contribution in [0.3, 0.4) is 0 Å². The van der Waals surface area contributed by atoms with Crippen molar-refractivity contribution in [1.82, 2.24) is 10.7 Å². The third kappa shape index (κ3) is 5.97. The van der Waals surface area contributed by atoms with Gasteiger partial charge in [0.2, 0.25) is 0 Å². The molecule has 0 heterocycles. The van der Waals surface area contributed by atoms with Crippen LogP contribution >= 0.6 is 23.2 Å². The van der Waals surface area contributed by atoms with Crippen LogP contribution in [0.2, 0.25) is 10.0 Å². The summed E-state index contributed by atoms with van der Waals surface area (Å²) >= 11 is 11.8. The quantitative estimate of drug-likeness (QED) is 0.525.